The largest absolute Gasteiger partial charge is 0.477 e. The topological polar surface area (TPSA) is 42.2 Å². The van der Waals surface area contributed by atoms with Crippen molar-refractivity contribution in [3.8, 4) is 0 Å². The second-order valence-corrected chi connectivity index (χ2v) is 3.75. The van der Waals surface area contributed by atoms with Crippen LogP contribution in [-0.2, 0) is 13.0 Å². The van der Waals surface area contributed by atoms with Gasteiger partial charge in [0.15, 0.2) is 0 Å². The molecule has 0 atom stereocenters. The van der Waals surface area contributed by atoms with Crippen LogP contribution in [0.25, 0.3) is 10.9 Å². The fraction of sp³-hybridized carbons (Fsp3) is 0.308. The maximum Gasteiger partial charge on any atom is 0.352 e. The molecule has 2 aromatic rings. The Bertz CT molecular complexity index is 499. The summed E-state index contributed by atoms with van der Waals surface area (Å²) in [6.45, 7) is 4.65. The lowest BCUT2D eigenvalue weighted by Gasteiger charge is -2.04. The van der Waals surface area contributed by atoms with Crippen molar-refractivity contribution >= 4 is 16.9 Å². The Morgan fingerprint density at radius 2 is 2.00 bits per heavy atom. The molecule has 0 radical (unpaired) electrons. The molecule has 0 bridgehead atoms. The molecule has 3 nitrogen and oxygen atoms in total. The van der Waals surface area contributed by atoms with Gasteiger partial charge < -0.3 is 9.67 Å². The van der Waals surface area contributed by atoms with Crippen molar-refractivity contribution in [2.45, 2.75) is 26.8 Å². The standard InChI is InChI=1S/C13H15NO2/c1-3-9-10-7-5-6-8-11(10)14(4-2)12(9)13(15)16/h5-8H,3-4H2,1-2H3,(H,15,16). The third kappa shape index (κ3) is 1.40. The summed E-state index contributed by atoms with van der Waals surface area (Å²) in [4.78, 5) is 11.3. The van der Waals surface area contributed by atoms with Crippen molar-refractivity contribution in [1.82, 2.24) is 4.57 Å². The number of hydrogen-bond donors (Lipinski definition) is 1. The highest BCUT2D eigenvalue weighted by Gasteiger charge is 2.19. The van der Waals surface area contributed by atoms with Crippen LogP contribution in [0.1, 0.15) is 29.9 Å². The van der Waals surface area contributed by atoms with E-state index in [-0.39, 0.29) is 0 Å². The molecular formula is C13H15NO2. The van der Waals surface area contributed by atoms with Crippen LogP contribution in [0.15, 0.2) is 24.3 Å². The number of aryl methyl sites for hydroxylation is 2. The van der Waals surface area contributed by atoms with E-state index >= 15 is 0 Å². The van der Waals surface area contributed by atoms with Crippen molar-refractivity contribution in [2.75, 3.05) is 0 Å². The van der Waals surface area contributed by atoms with E-state index in [4.69, 9.17) is 0 Å². The molecule has 0 spiro atoms. The number of carboxylic acid groups (broad SMARTS) is 1. The zero-order valence-corrected chi connectivity index (χ0v) is 9.53. The molecule has 84 valence electrons. The van der Waals surface area contributed by atoms with E-state index in [9.17, 15) is 9.90 Å². The maximum absolute atomic E-state index is 11.3. The number of carboxylic acids is 1. The first-order valence-corrected chi connectivity index (χ1v) is 5.54. The average Bonchev–Trinajstić information content (AvgIpc) is 2.62. The van der Waals surface area contributed by atoms with Gasteiger partial charge in [-0.2, -0.15) is 0 Å². The number of hydrogen-bond acceptors (Lipinski definition) is 1. The van der Waals surface area contributed by atoms with Gasteiger partial charge >= 0.3 is 5.97 Å². The molecule has 1 aromatic heterocycles. The van der Waals surface area contributed by atoms with Crippen LogP contribution in [0.5, 0.6) is 0 Å². The van der Waals surface area contributed by atoms with Crippen LogP contribution in [0, 0.1) is 0 Å². The summed E-state index contributed by atoms with van der Waals surface area (Å²) in [7, 11) is 0. The Morgan fingerprint density at radius 1 is 1.31 bits per heavy atom. The van der Waals surface area contributed by atoms with Crippen molar-refractivity contribution < 1.29 is 9.90 Å². The van der Waals surface area contributed by atoms with E-state index in [1.54, 1.807) is 0 Å². The van der Waals surface area contributed by atoms with Gasteiger partial charge in [0, 0.05) is 17.4 Å². The summed E-state index contributed by atoms with van der Waals surface area (Å²) in [6, 6.07) is 7.86. The minimum Gasteiger partial charge on any atom is -0.477 e. The molecule has 1 heterocycles. The van der Waals surface area contributed by atoms with Crippen LogP contribution in [0.4, 0.5) is 0 Å². The highest BCUT2D eigenvalue weighted by Crippen LogP contribution is 2.26. The lowest BCUT2D eigenvalue weighted by Crippen LogP contribution is -2.09. The molecule has 0 unspecified atom stereocenters. The minimum absolute atomic E-state index is 0.436. The van der Waals surface area contributed by atoms with Crippen LogP contribution >= 0.6 is 0 Å². The smallest absolute Gasteiger partial charge is 0.352 e. The molecule has 0 fully saturated rings. The van der Waals surface area contributed by atoms with E-state index < -0.39 is 5.97 Å². The van der Waals surface area contributed by atoms with Gasteiger partial charge in [-0.1, -0.05) is 25.1 Å². The fourth-order valence-electron chi connectivity index (χ4n) is 2.31. The van der Waals surface area contributed by atoms with Gasteiger partial charge in [0.25, 0.3) is 0 Å². The molecule has 0 saturated heterocycles. The number of para-hydroxylation sites is 1. The van der Waals surface area contributed by atoms with Crippen LogP contribution in [0.3, 0.4) is 0 Å². The summed E-state index contributed by atoms with van der Waals surface area (Å²) < 4.78 is 1.87. The second kappa shape index (κ2) is 4.00. The summed E-state index contributed by atoms with van der Waals surface area (Å²) >= 11 is 0. The number of aromatic carboxylic acids is 1. The van der Waals surface area contributed by atoms with Crippen LogP contribution < -0.4 is 0 Å². The van der Waals surface area contributed by atoms with Crippen molar-refractivity contribution in [2.24, 2.45) is 0 Å². The first-order chi connectivity index (χ1) is 7.70. The summed E-state index contributed by atoms with van der Waals surface area (Å²) in [6.07, 6.45) is 0.745. The van der Waals surface area contributed by atoms with E-state index in [0.717, 1.165) is 22.9 Å². The average molecular weight is 217 g/mol. The van der Waals surface area contributed by atoms with E-state index in [0.29, 0.717) is 12.2 Å². The zero-order valence-electron chi connectivity index (χ0n) is 9.53. The normalized spacial score (nSPS) is 10.9. The maximum atomic E-state index is 11.3. The number of carbonyl (C=O) groups is 1. The molecule has 0 aliphatic rings. The Kier molecular flexibility index (Phi) is 2.69. The zero-order chi connectivity index (χ0) is 11.7. The fourth-order valence-corrected chi connectivity index (χ4v) is 2.31. The molecule has 0 amide bonds. The Hall–Kier alpha value is -1.77. The molecule has 1 N–H and O–H groups in total. The predicted molar refractivity (Wildman–Crippen MR) is 63.9 cm³/mol. The summed E-state index contributed by atoms with van der Waals surface area (Å²) in [5, 5.41) is 10.3. The lowest BCUT2D eigenvalue weighted by molar-refractivity contribution is 0.0684. The molecule has 0 aliphatic heterocycles. The molecule has 0 aliphatic carbocycles. The van der Waals surface area contributed by atoms with Gasteiger partial charge in [-0.15, -0.1) is 0 Å². The molecule has 16 heavy (non-hydrogen) atoms. The first-order valence-electron chi connectivity index (χ1n) is 5.54. The second-order valence-electron chi connectivity index (χ2n) is 3.75. The van der Waals surface area contributed by atoms with Gasteiger partial charge in [-0.3, -0.25) is 0 Å². The third-order valence-corrected chi connectivity index (χ3v) is 2.95. The Morgan fingerprint density at radius 3 is 2.56 bits per heavy atom. The molecule has 1 aromatic carbocycles. The summed E-state index contributed by atoms with van der Waals surface area (Å²) in [5.41, 5.74) is 2.38. The van der Waals surface area contributed by atoms with E-state index in [1.165, 1.54) is 0 Å². The minimum atomic E-state index is -0.838. The van der Waals surface area contributed by atoms with Gasteiger partial charge in [0.05, 0.1) is 0 Å². The van der Waals surface area contributed by atoms with Gasteiger partial charge in [-0.25, -0.2) is 4.79 Å². The monoisotopic (exact) mass is 217 g/mol. The van der Waals surface area contributed by atoms with E-state index in [2.05, 4.69) is 0 Å². The lowest BCUT2D eigenvalue weighted by atomic mass is 10.1. The van der Waals surface area contributed by atoms with Crippen LogP contribution in [0.2, 0.25) is 0 Å². The number of nitrogens with zero attached hydrogens (tertiary/aromatic N) is 1. The van der Waals surface area contributed by atoms with Crippen molar-refractivity contribution in [3.63, 3.8) is 0 Å². The van der Waals surface area contributed by atoms with Crippen molar-refractivity contribution in [1.29, 1.82) is 0 Å². The highest BCUT2D eigenvalue weighted by molar-refractivity contribution is 5.98. The SMILES string of the molecule is CCc1c(C(=O)O)n(CC)c2ccccc12. The van der Waals surface area contributed by atoms with Crippen molar-refractivity contribution in [3.05, 3.63) is 35.5 Å². The van der Waals surface area contributed by atoms with Gasteiger partial charge in [0.1, 0.15) is 5.69 Å². The number of rotatable bonds is 3. The predicted octanol–water partition coefficient (Wildman–Crippen LogP) is 2.92. The van der Waals surface area contributed by atoms with Gasteiger partial charge in [-0.05, 0) is 25.0 Å². The molecular weight excluding hydrogens is 202 g/mol. The number of fused-ring (bicyclic) bond motifs is 1. The number of aromatic nitrogens is 1. The third-order valence-electron chi connectivity index (χ3n) is 2.95. The van der Waals surface area contributed by atoms with Crippen LogP contribution in [-0.4, -0.2) is 15.6 Å². The molecule has 0 saturated carbocycles. The first kappa shape index (κ1) is 10.7. The number of benzene rings is 1. The molecule has 3 heteroatoms. The van der Waals surface area contributed by atoms with E-state index in [1.807, 2.05) is 42.7 Å². The summed E-state index contributed by atoms with van der Waals surface area (Å²) in [5.74, 6) is -0.838. The Labute approximate surface area is 94.3 Å². The van der Waals surface area contributed by atoms with Gasteiger partial charge in [0.2, 0.25) is 0 Å². The highest BCUT2D eigenvalue weighted by atomic mass is 16.4. The Balaban J connectivity index is 2.89. The molecule has 2 rings (SSSR count). The quantitative estimate of drug-likeness (QED) is 0.858.